The van der Waals surface area contributed by atoms with Gasteiger partial charge in [-0.1, -0.05) is 6.07 Å². The Labute approximate surface area is 165 Å². The van der Waals surface area contributed by atoms with Crippen molar-refractivity contribution in [2.24, 2.45) is 0 Å². The number of benzene rings is 1. The van der Waals surface area contributed by atoms with Crippen molar-refractivity contribution < 1.29 is 8.42 Å². The summed E-state index contributed by atoms with van der Waals surface area (Å²) >= 11 is 1.06. The number of piperidine rings is 1. The summed E-state index contributed by atoms with van der Waals surface area (Å²) in [6, 6.07) is 6.38. The summed E-state index contributed by atoms with van der Waals surface area (Å²) in [6.45, 7) is 9.47. The summed E-state index contributed by atoms with van der Waals surface area (Å²) in [5.74, 6) is 0. The Hall–Kier alpha value is -1.13. The summed E-state index contributed by atoms with van der Waals surface area (Å²) in [5.41, 5.74) is 1.14. The van der Waals surface area contributed by atoms with Crippen molar-refractivity contribution in [1.29, 1.82) is 0 Å². The van der Waals surface area contributed by atoms with Gasteiger partial charge in [0.1, 0.15) is 15.9 Å². The van der Waals surface area contributed by atoms with Crippen LogP contribution in [0.3, 0.4) is 0 Å². The molecule has 148 valence electrons. The quantitative estimate of drug-likeness (QED) is 0.768. The van der Waals surface area contributed by atoms with Crippen LogP contribution in [0.5, 0.6) is 0 Å². The van der Waals surface area contributed by atoms with Crippen LogP contribution in [0.25, 0.3) is 11.0 Å². The molecular weight excluding hydrogens is 382 g/mol. The van der Waals surface area contributed by atoms with E-state index in [9.17, 15) is 8.42 Å². The molecule has 2 aliphatic heterocycles. The van der Waals surface area contributed by atoms with Gasteiger partial charge in [-0.05, 0) is 51.9 Å². The minimum Gasteiger partial charge on any atom is -0.301 e. The first-order valence-electron chi connectivity index (χ1n) is 9.66. The molecule has 2 aliphatic rings. The van der Waals surface area contributed by atoms with E-state index < -0.39 is 10.0 Å². The van der Waals surface area contributed by atoms with Gasteiger partial charge in [-0.3, -0.25) is 4.90 Å². The van der Waals surface area contributed by atoms with E-state index in [1.807, 2.05) is 0 Å². The van der Waals surface area contributed by atoms with Crippen LogP contribution >= 0.6 is 11.7 Å². The molecular formula is C18H27N5O2S2. The molecule has 0 aliphatic carbocycles. The number of aromatic nitrogens is 2. The fourth-order valence-electron chi connectivity index (χ4n) is 4.21. The van der Waals surface area contributed by atoms with Crippen LogP contribution in [0.4, 0.5) is 0 Å². The maximum atomic E-state index is 13.1. The van der Waals surface area contributed by atoms with Gasteiger partial charge in [0.2, 0.25) is 10.0 Å². The highest BCUT2D eigenvalue weighted by Crippen LogP contribution is 2.26. The second-order valence-electron chi connectivity index (χ2n) is 7.69. The summed E-state index contributed by atoms with van der Waals surface area (Å²) in [4.78, 5) is 5.29. The molecule has 0 saturated carbocycles. The monoisotopic (exact) mass is 409 g/mol. The molecule has 0 spiro atoms. The Kier molecular flexibility index (Phi) is 5.48. The van der Waals surface area contributed by atoms with Crippen molar-refractivity contribution in [2.75, 3.05) is 39.3 Å². The molecule has 0 bridgehead atoms. The van der Waals surface area contributed by atoms with Gasteiger partial charge in [0.05, 0.1) is 11.7 Å². The highest BCUT2D eigenvalue weighted by Gasteiger charge is 2.33. The molecule has 2 fully saturated rings. The summed E-state index contributed by atoms with van der Waals surface area (Å²) in [7, 11) is -3.53. The van der Waals surface area contributed by atoms with Crippen LogP contribution in [0.1, 0.15) is 26.7 Å². The maximum Gasteiger partial charge on any atom is 0.245 e. The molecule has 9 heteroatoms. The average Bonchev–Trinajstić information content (AvgIpc) is 3.17. The predicted molar refractivity (Wildman–Crippen MR) is 107 cm³/mol. The minimum absolute atomic E-state index is 0.285. The Morgan fingerprint density at radius 1 is 1.04 bits per heavy atom. The summed E-state index contributed by atoms with van der Waals surface area (Å²) in [5, 5.41) is 0. The Morgan fingerprint density at radius 2 is 1.74 bits per heavy atom. The first kappa shape index (κ1) is 19.2. The van der Waals surface area contributed by atoms with Crippen molar-refractivity contribution in [2.45, 2.75) is 43.7 Å². The molecule has 27 heavy (non-hydrogen) atoms. The second-order valence-corrected chi connectivity index (χ2v) is 10.1. The van der Waals surface area contributed by atoms with Crippen molar-refractivity contribution in [3.63, 3.8) is 0 Å². The lowest BCUT2D eigenvalue weighted by molar-refractivity contribution is 0.0703. The summed E-state index contributed by atoms with van der Waals surface area (Å²) < 4.78 is 36.3. The highest BCUT2D eigenvalue weighted by molar-refractivity contribution is 7.89. The third kappa shape index (κ3) is 3.75. The van der Waals surface area contributed by atoms with E-state index >= 15 is 0 Å². The zero-order chi connectivity index (χ0) is 19.0. The molecule has 0 N–H and O–H groups in total. The molecule has 3 heterocycles. The number of piperazine rings is 1. The first-order chi connectivity index (χ1) is 13.0. The molecule has 0 unspecified atom stereocenters. The van der Waals surface area contributed by atoms with E-state index in [-0.39, 0.29) is 4.90 Å². The Balaban J connectivity index is 1.41. The van der Waals surface area contributed by atoms with E-state index in [0.717, 1.165) is 37.9 Å². The van der Waals surface area contributed by atoms with E-state index in [2.05, 4.69) is 32.4 Å². The van der Waals surface area contributed by atoms with Crippen LogP contribution in [0.2, 0.25) is 0 Å². The lowest BCUT2D eigenvalue weighted by atomic mass is 10.0. The van der Waals surface area contributed by atoms with E-state index in [1.165, 1.54) is 12.8 Å². The molecule has 0 amide bonds. The zero-order valence-corrected chi connectivity index (χ0v) is 17.5. The number of hydrogen-bond acceptors (Lipinski definition) is 7. The van der Waals surface area contributed by atoms with Crippen molar-refractivity contribution in [3.05, 3.63) is 18.2 Å². The van der Waals surface area contributed by atoms with Gasteiger partial charge in [-0.25, -0.2) is 8.42 Å². The van der Waals surface area contributed by atoms with Gasteiger partial charge in [0, 0.05) is 38.3 Å². The number of sulfonamides is 1. The third-order valence-corrected chi connectivity index (χ3v) is 8.36. The lowest BCUT2D eigenvalue weighted by Gasteiger charge is -2.43. The molecule has 1 aromatic carbocycles. The van der Waals surface area contributed by atoms with Crippen LogP contribution in [0, 0.1) is 0 Å². The van der Waals surface area contributed by atoms with Crippen molar-refractivity contribution in [1.82, 2.24) is 22.9 Å². The highest BCUT2D eigenvalue weighted by atomic mass is 32.2. The number of nitrogens with zero attached hydrogens (tertiary/aromatic N) is 5. The Morgan fingerprint density at radius 3 is 2.41 bits per heavy atom. The zero-order valence-electron chi connectivity index (χ0n) is 15.9. The van der Waals surface area contributed by atoms with Crippen molar-refractivity contribution in [3.8, 4) is 0 Å². The number of rotatable bonds is 4. The number of likely N-dealkylation sites (tertiary alicyclic amines) is 1. The second kappa shape index (κ2) is 7.71. The van der Waals surface area contributed by atoms with Crippen LogP contribution < -0.4 is 0 Å². The fraction of sp³-hybridized carbons (Fsp3) is 0.667. The molecule has 1 aromatic heterocycles. The smallest absolute Gasteiger partial charge is 0.245 e. The van der Waals surface area contributed by atoms with Gasteiger partial charge >= 0.3 is 0 Å². The average molecular weight is 410 g/mol. The normalized spacial score (nSPS) is 22.0. The first-order valence-corrected chi connectivity index (χ1v) is 11.8. The van der Waals surface area contributed by atoms with E-state index in [4.69, 9.17) is 0 Å². The lowest BCUT2D eigenvalue weighted by Crippen LogP contribution is -2.54. The molecule has 0 atom stereocenters. The standard InChI is InChI=1S/C18H27N5O2S2/c1-14(2)21-8-6-15(7-9-21)22-10-12-23(13-11-22)27(24,25)17-5-3-4-16-18(17)20-26-19-16/h3-5,14-15H,6-13H2,1-2H3. The van der Waals surface area contributed by atoms with Crippen LogP contribution in [-0.2, 0) is 10.0 Å². The van der Waals surface area contributed by atoms with Crippen LogP contribution in [-0.4, -0.2) is 82.6 Å². The maximum absolute atomic E-state index is 13.1. The predicted octanol–water partition coefficient (Wildman–Crippen LogP) is 1.87. The SMILES string of the molecule is CC(C)N1CCC(N2CCN(S(=O)(=O)c3cccc4nsnc34)CC2)CC1. The van der Waals surface area contributed by atoms with Gasteiger partial charge in [-0.15, -0.1) is 0 Å². The molecule has 4 rings (SSSR count). The van der Waals surface area contributed by atoms with Gasteiger partial charge in [0.25, 0.3) is 0 Å². The minimum atomic E-state index is -3.53. The largest absolute Gasteiger partial charge is 0.301 e. The number of hydrogen-bond donors (Lipinski definition) is 0. The van der Waals surface area contributed by atoms with E-state index in [1.54, 1.807) is 22.5 Å². The third-order valence-electron chi connectivity index (χ3n) is 5.89. The molecule has 7 nitrogen and oxygen atoms in total. The molecule has 2 aromatic rings. The van der Waals surface area contributed by atoms with Gasteiger partial charge < -0.3 is 4.90 Å². The van der Waals surface area contributed by atoms with Crippen LogP contribution in [0.15, 0.2) is 23.1 Å². The number of fused-ring (bicyclic) bond motifs is 1. The Bertz CT molecular complexity index is 882. The topological polar surface area (TPSA) is 69.6 Å². The molecule has 2 saturated heterocycles. The molecule has 0 radical (unpaired) electrons. The van der Waals surface area contributed by atoms with E-state index in [0.29, 0.717) is 36.2 Å². The fourth-order valence-corrected chi connectivity index (χ4v) is 6.38. The summed E-state index contributed by atoms with van der Waals surface area (Å²) in [6.07, 6.45) is 2.35. The van der Waals surface area contributed by atoms with Gasteiger partial charge in [0.15, 0.2) is 0 Å². The van der Waals surface area contributed by atoms with Gasteiger partial charge in [-0.2, -0.15) is 13.1 Å². The van der Waals surface area contributed by atoms with Crippen molar-refractivity contribution >= 4 is 32.8 Å².